The predicted octanol–water partition coefficient (Wildman–Crippen LogP) is -21.1. The van der Waals surface area contributed by atoms with E-state index in [1.165, 1.54) is 0 Å². The van der Waals surface area contributed by atoms with Gasteiger partial charge in [-0.15, -0.1) is 0 Å². The maximum Gasteiger partial charge on any atom is 3.00 e. The minimum absolute atomic E-state index is 0. The van der Waals surface area contributed by atoms with Crippen molar-refractivity contribution in [3.63, 3.8) is 0 Å². The number of rotatable bonds is 6. The van der Waals surface area contributed by atoms with Crippen molar-refractivity contribution >= 4 is 48.1 Å². The van der Waals surface area contributed by atoms with Crippen molar-refractivity contribution in [1.29, 1.82) is 0 Å². The minimum Gasteiger partial charge on any atom is -0.547 e. The molecule has 28 heteroatoms. The normalized spacial score (nSPS) is 8.88. The number of carbonyl (C=O) groups is 6. The molecule has 43 heavy (non-hydrogen) atoms. The molecule has 4 atom stereocenters. The van der Waals surface area contributed by atoms with Gasteiger partial charge in [0.2, 0.25) is 0 Å². The van der Waals surface area contributed by atoms with Gasteiger partial charge in [0.1, 0.15) is 12.2 Å². The van der Waals surface area contributed by atoms with Gasteiger partial charge in [-0.1, -0.05) is 0 Å². The second kappa shape index (κ2) is 70.5. The number of aliphatic hydroxyl groups excluding tert-OH is 4. The summed E-state index contributed by atoms with van der Waals surface area (Å²) in [7, 11) is 0. The van der Waals surface area contributed by atoms with E-state index in [0.29, 0.717) is 0 Å². The van der Waals surface area contributed by atoms with E-state index in [4.69, 9.17) is 69.6 Å². The zero-order chi connectivity index (χ0) is 29.2. The Balaban J connectivity index is -0.0000000172. The fraction of sp³-hybridized carbons (Fsp3) is 0.400. The molecule has 0 rings (SSSR count). The Kier molecular flexibility index (Phi) is 159. The number of hydrogen-bond acceptors (Lipinski definition) is 16. The number of aliphatic hydroxyl groups is 4. The van der Waals surface area contributed by atoms with E-state index in [9.17, 15) is 29.4 Å². The Morgan fingerprint density at radius 2 is 0.651 bits per heavy atom. The number of carboxylic acid groups (broad SMARTS) is 6. The molecule has 0 aliphatic carbocycles. The van der Waals surface area contributed by atoms with Crippen LogP contribution in [-0.4, -0.2) is 124 Å². The first kappa shape index (κ1) is 96.8. The summed E-state index contributed by atoms with van der Waals surface area (Å²) in [5.41, 5.74) is 0. The molecule has 4 unspecified atom stereocenters. The standard InChI is InChI=1S/2C4H6O6.2C2H4O2.2CO2.CH3.Cu.2K.2Na.2H2O.U/c2*5-1(3(7)8)2(6)4(9)10;2*1-2(3)4;2*2-1-3;;;;;;;;;/h2*1-2,5-6H,(H,7,8)(H,9,10);2*1H3,(H,3,4);;;1H3;;;;;;2*1H2;/q;;;;;;-1;;4*+1;;;+3/p-2. The molecule has 12 N–H and O–H groups in total. The van der Waals surface area contributed by atoms with Gasteiger partial charge in [0.15, 0.2) is 12.2 Å². The minimum atomic E-state index is -2.38. The van der Waals surface area contributed by atoms with Gasteiger partial charge in [-0.25, -0.2) is 9.59 Å². The van der Waals surface area contributed by atoms with Crippen molar-refractivity contribution in [1.82, 2.24) is 0 Å². The number of carboxylic acids is 6. The SMILES string of the molecule is CC(=O)O.CC(=O)O.O.O.O=C([O-])C(O)C(O)C(=O)O.O=C([O-])C(O)C(O)C(=O)O.O=C=O.O=C=O.[CH3-].[Cu].[K+].[K+].[Na+].[Na+].[U+3]. The summed E-state index contributed by atoms with van der Waals surface area (Å²) in [5.74, 6) is -9.32. The molecule has 22 nitrogen and oxygen atoms in total. The van der Waals surface area contributed by atoms with E-state index in [1.54, 1.807) is 0 Å². The molecule has 2 radical (unpaired) electrons. The van der Waals surface area contributed by atoms with Crippen molar-refractivity contribution in [2.24, 2.45) is 0 Å². The van der Waals surface area contributed by atoms with Crippen molar-refractivity contribution in [3.8, 4) is 0 Å². The summed E-state index contributed by atoms with van der Waals surface area (Å²) < 4.78 is 0. The van der Waals surface area contributed by atoms with Gasteiger partial charge < -0.3 is 79.0 Å². The zero-order valence-corrected chi connectivity index (χ0v) is 38.9. The van der Waals surface area contributed by atoms with Crippen LogP contribution in [0.5, 0.6) is 0 Å². The first-order chi connectivity index (χ1) is 15.2. The van der Waals surface area contributed by atoms with Crippen molar-refractivity contribution in [3.05, 3.63) is 7.43 Å². The van der Waals surface area contributed by atoms with Crippen LogP contribution in [0.1, 0.15) is 13.8 Å². The van der Waals surface area contributed by atoms with Gasteiger partial charge >= 0.3 is 217 Å². The van der Waals surface area contributed by atoms with Crippen molar-refractivity contribution < 1.29 is 320 Å². The molecule has 0 aromatic heterocycles. The molecule has 0 spiro atoms. The molecule has 232 valence electrons. The quantitative estimate of drug-likeness (QED) is 0.0905. The van der Waals surface area contributed by atoms with E-state index in [2.05, 4.69) is 0 Å². The molecule has 0 bridgehead atoms. The smallest absolute Gasteiger partial charge is 0.547 e. The number of aliphatic carboxylic acids is 6. The van der Waals surface area contributed by atoms with Gasteiger partial charge in [0, 0.05) is 30.9 Å². The molecule has 0 aliphatic rings. The number of carbonyl (C=O) groups excluding carboxylic acids is 6. The summed E-state index contributed by atoms with van der Waals surface area (Å²) >= 11 is 0. The van der Waals surface area contributed by atoms with E-state index >= 15 is 0 Å². The van der Waals surface area contributed by atoms with Gasteiger partial charge in [0.25, 0.3) is 11.9 Å². The molecule has 0 saturated heterocycles. The van der Waals surface area contributed by atoms with Crippen LogP contribution >= 0.6 is 0 Å². The van der Waals surface area contributed by atoms with Crippen LogP contribution < -0.4 is 172 Å². The van der Waals surface area contributed by atoms with Gasteiger partial charge in [-0.3, -0.25) is 9.59 Å². The molecular formula is C15H25CuK2Na2O22U+4. The Morgan fingerprint density at radius 3 is 0.674 bits per heavy atom. The third kappa shape index (κ3) is 115. The van der Waals surface area contributed by atoms with Crippen LogP contribution in [0.15, 0.2) is 0 Å². The summed E-state index contributed by atoms with van der Waals surface area (Å²) in [5, 5.41) is 83.1. The van der Waals surface area contributed by atoms with Crippen LogP contribution in [0.4, 0.5) is 0 Å². The average molecular weight is 983 g/mol. The fourth-order valence-electron chi connectivity index (χ4n) is 0.528. The molecule has 0 heterocycles. The summed E-state index contributed by atoms with van der Waals surface area (Å²) in [6, 6.07) is 0. The van der Waals surface area contributed by atoms with Crippen LogP contribution in [0.2, 0.25) is 0 Å². The van der Waals surface area contributed by atoms with Crippen LogP contribution in [0, 0.1) is 38.5 Å². The summed E-state index contributed by atoms with van der Waals surface area (Å²) in [6.45, 7) is 2.17. The monoisotopic (exact) mass is 982 g/mol. The topological polar surface area (TPSA) is 442 Å². The Bertz CT molecular complexity index is 633. The Hall–Kier alpha value is 2.18. The van der Waals surface area contributed by atoms with Gasteiger partial charge in [0.05, 0.1) is 11.9 Å². The summed E-state index contributed by atoms with van der Waals surface area (Å²) in [4.78, 5) is 89.3. The average Bonchev–Trinajstić information content (AvgIpc) is 2.66. The maximum absolute atomic E-state index is 9.74. The second-order valence-corrected chi connectivity index (χ2v) is 4.30. The van der Waals surface area contributed by atoms with Crippen molar-refractivity contribution in [2.45, 2.75) is 38.3 Å². The third-order valence-corrected chi connectivity index (χ3v) is 1.59. The molecule has 0 aromatic rings. The van der Waals surface area contributed by atoms with E-state index < -0.39 is 60.2 Å². The Morgan fingerprint density at radius 1 is 0.558 bits per heavy atom. The van der Waals surface area contributed by atoms with Crippen LogP contribution in [0.3, 0.4) is 0 Å². The summed E-state index contributed by atoms with van der Waals surface area (Å²) in [6.07, 6.45) is -8.91. The molecule has 0 aliphatic heterocycles. The molecule has 0 fully saturated rings. The zero-order valence-electron chi connectivity index (χ0n) is 23.6. The van der Waals surface area contributed by atoms with E-state index in [0.717, 1.165) is 13.8 Å². The fourth-order valence-corrected chi connectivity index (χ4v) is 0.528. The molecular weight excluding hydrogens is 958 g/mol. The molecule has 0 saturated carbocycles. The Labute approximate surface area is 406 Å². The predicted molar refractivity (Wildman–Crippen MR) is 99.6 cm³/mol. The van der Waals surface area contributed by atoms with Crippen molar-refractivity contribution in [2.75, 3.05) is 0 Å². The molecule has 0 aromatic carbocycles. The van der Waals surface area contributed by atoms with E-state index in [1.807, 2.05) is 0 Å². The van der Waals surface area contributed by atoms with Crippen LogP contribution in [0.25, 0.3) is 0 Å². The van der Waals surface area contributed by atoms with E-state index in [-0.39, 0.29) is 241 Å². The van der Waals surface area contributed by atoms with Crippen LogP contribution in [-0.2, 0) is 65.0 Å². The second-order valence-electron chi connectivity index (χ2n) is 4.30. The first-order valence-electron chi connectivity index (χ1n) is 7.20. The molecule has 0 amide bonds. The van der Waals surface area contributed by atoms with Gasteiger partial charge in [-0.05, 0) is 0 Å². The third-order valence-electron chi connectivity index (χ3n) is 1.59. The maximum atomic E-state index is 9.74. The number of hydrogen-bond donors (Lipinski definition) is 8. The van der Waals surface area contributed by atoms with Gasteiger partial charge in [-0.2, -0.15) is 19.2 Å². The first-order valence-corrected chi connectivity index (χ1v) is 7.20. The largest absolute Gasteiger partial charge is 3.00 e.